The van der Waals surface area contributed by atoms with Crippen molar-refractivity contribution in [3.63, 3.8) is 0 Å². The standard InChI is InChI=1S/C9H6BrNO2S/c10-7-8(12)11(9(13)14-7)6-4-2-1-3-5-6/h1-5,7H. The van der Waals surface area contributed by atoms with E-state index in [1.54, 1.807) is 24.3 Å². The lowest BCUT2D eigenvalue weighted by Gasteiger charge is -2.11. The molecule has 1 fully saturated rings. The van der Waals surface area contributed by atoms with Gasteiger partial charge in [-0.1, -0.05) is 34.1 Å². The summed E-state index contributed by atoms with van der Waals surface area (Å²) in [6.45, 7) is 0. The molecule has 0 radical (unpaired) electrons. The van der Waals surface area contributed by atoms with Crippen molar-refractivity contribution in [3.05, 3.63) is 30.3 Å². The Bertz CT molecular complexity index is 382. The zero-order valence-corrected chi connectivity index (χ0v) is 9.42. The summed E-state index contributed by atoms with van der Waals surface area (Å²) in [6, 6.07) is 8.90. The number of hydrogen-bond acceptors (Lipinski definition) is 3. The number of imide groups is 1. The summed E-state index contributed by atoms with van der Waals surface area (Å²) < 4.78 is -0.449. The fourth-order valence-corrected chi connectivity index (χ4v) is 2.56. The van der Waals surface area contributed by atoms with Crippen LogP contribution in [0.3, 0.4) is 0 Å². The average molecular weight is 272 g/mol. The number of benzene rings is 1. The number of nitrogens with zero attached hydrogens (tertiary/aromatic N) is 1. The minimum atomic E-state index is -0.449. The Morgan fingerprint density at radius 3 is 2.36 bits per heavy atom. The Hall–Kier alpha value is -0.810. The lowest BCUT2D eigenvalue weighted by Crippen LogP contribution is -2.29. The van der Waals surface area contributed by atoms with Gasteiger partial charge in [-0.15, -0.1) is 0 Å². The molecule has 1 saturated heterocycles. The van der Waals surface area contributed by atoms with Gasteiger partial charge in [-0.3, -0.25) is 9.59 Å². The number of thioether (sulfide) groups is 1. The van der Waals surface area contributed by atoms with Crippen molar-refractivity contribution in [3.8, 4) is 0 Å². The number of carbonyl (C=O) groups is 2. The van der Waals surface area contributed by atoms with Crippen molar-refractivity contribution in [2.24, 2.45) is 0 Å². The van der Waals surface area contributed by atoms with Crippen LogP contribution in [0, 0.1) is 0 Å². The predicted octanol–water partition coefficient (Wildman–Crippen LogP) is 2.61. The fraction of sp³-hybridized carbons (Fsp3) is 0.111. The first-order valence-electron chi connectivity index (χ1n) is 3.94. The van der Waals surface area contributed by atoms with Gasteiger partial charge in [0, 0.05) is 0 Å². The minimum Gasteiger partial charge on any atom is -0.272 e. The topological polar surface area (TPSA) is 37.4 Å². The summed E-state index contributed by atoms with van der Waals surface area (Å²) in [4.78, 5) is 24.2. The van der Waals surface area contributed by atoms with Crippen LogP contribution in [0.5, 0.6) is 0 Å². The van der Waals surface area contributed by atoms with Gasteiger partial charge in [-0.2, -0.15) is 0 Å². The molecule has 1 aromatic rings. The molecule has 2 amide bonds. The molecule has 14 heavy (non-hydrogen) atoms. The second-order valence-corrected chi connectivity index (χ2v) is 5.29. The van der Waals surface area contributed by atoms with Crippen LogP contribution in [0.2, 0.25) is 0 Å². The Morgan fingerprint density at radius 1 is 1.21 bits per heavy atom. The van der Waals surface area contributed by atoms with Crippen molar-refractivity contribution < 1.29 is 9.59 Å². The number of para-hydroxylation sites is 1. The summed E-state index contributed by atoms with van der Waals surface area (Å²) in [5, 5.41) is -0.233. The molecule has 0 aromatic heterocycles. The zero-order valence-electron chi connectivity index (χ0n) is 7.01. The molecule has 1 heterocycles. The maximum Gasteiger partial charge on any atom is 0.294 e. The largest absolute Gasteiger partial charge is 0.294 e. The van der Waals surface area contributed by atoms with Gasteiger partial charge in [0.15, 0.2) is 0 Å². The summed E-state index contributed by atoms with van der Waals surface area (Å²) >= 11 is 4.12. The van der Waals surface area contributed by atoms with Gasteiger partial charge in [-0.25, -0.2) is 4.90 Å². The van der Waals surface area contributed by atoms with E-state index in [-0.39, 0.29) is 11.1 Å². The third-order valence-electron chi connectivity index (χ3n) is 1.82. The van der Waals surface area contributed by atoms with Gasteiger partial charge >= 0.3 is 0 Å². The van der Waals surface area contributed by atoms with E-state index in [9.17, 15) is 9.59 Å². The Labute approximate surface area is 93.6 Å². The molecule has 1 atom stereocenters. The predicted molar refractivity (Wildman–Crippen MR) is 59.6 cm³/mol. The van der Waals surface area contributed by atoms with E-state index in [1.165, 1.54) is 4.90 Å². The van der Waals surface area contributed by atoms with Crippen LogP contribution in [0.15, 0.2) is 30.3 Å². The van der Waals surface area contributed by atoms with Crippen molar-refractivity contribution in [2.45, 2.75) is 4.16 Å². The molecule has 72 valence electrons. The van der Waals surface area contributed by atoms with Crippen LogP contribution in [-0.4, -0.2) is 15.3 Å². The number of halogens is 1. The molecule has 3 nitrogen and oxygen atoms in total. The Kier molecular flexibility index (Phi) is 2.60. The van der Waals surface area contributed by atoms with E-state index in [2.05, 4.69) is 15.9 Å². The van der Waals surface area contributed by atoms with Crippen LogP contribution >= 0.6 is 27.7 Å². The first-order valence-corrected chi connectivity index (χ1v) is 5.73. The third kappa shape index (κ3) is 1.57. The molecule has 1 aromatic carbocycles. The monoisotopic (exact) mass is 271 g/mol. The second-order valence-electron chi connectivity index (χ2n) is 2.71. The number of anilines is 1. The van der Waals surface area contributed by atoms with Crippen LogP contribution in [0.25, 0.3) is 0 Å². The van der Waals surface area contributed by atoms with Crippen molar-refractivity contribution in [2.75, 3.05) is 4.90 Å². The van der Waals surface area contributed by atoms with E-state index in [4.69, 9.17) is 0 Å². The fourth-order valence-electron chi connectivity index (χ4n) is 1.19. The normalized spacial score (nSPS) is 21.8. The number of hydrogen-bond donors (Lipinski definition) is 0. The molecule has 2 rings (SSSR count). The maximum absolute atomic E-state index is 11.6. The molecule has 0 aliphatic carbocycles. The highest BCUT2D eigenvalue weighted by Gasteiger charge is 2.38. The van der Waals surface area contributed by atoms with Gasteiger partial charge in [0.05, 0.1) is 5.69 Å². The van der Waals surface area contributed by atoms with E-state index in [0.29, 0.717) is 5.69 Å². The van der Waals surface area contributed by atoms with Gasteiger partial charge < -0.3 is 0 Å². The summed E-state index contributed by atoms with van der Waals surface area (Å²) in [7, 11) is 0. The van der Waals surface area contributed by atoms with Crippen LogP contribution in [-0.2, 0) is 4.79 Å². The maximum atomic E-state index is 11.6. The molecule has 5 heteroatoms. The molecular weight excluding hydrogens is 266 g/mol. The average Bonchev–Trinajstić information content (AvgIpc) is 2.43. The smallest absolute Gasteiger partial charge is 0.272 e. The summed E-state index contributed by atoms with van der Waals surface area (Å²) in [6.07, 6.45) is 0. The summed E-state index contributed by atoms with van der Waals surface area (Å²) in [5.41, 5.74) is 0.622. The van der Waals surface area contributed by atoms with E-state index in [0.717, 1.165) is 11.8 Å². The van der Waals surface area contributed by atoms with Gasteiger partial charge in [0.1, 0.15) is 4.16 Å². The number of alkyl halides is 1. The minimum absolute atomic E-state index is 0.216. The Morgan fingerprint density at radius 2 is 1.86 bits per heavy atom. The zero-order chi connectivity index (χ0) is 10.1. The lowest BCUT2D eigenvalue weighted by molar-refractivity contribution is -0.115. The van der Waals surface area contributed by atoms with E-state index < -0.39 is 4.16 Å². The highest BCUT2D eigenvalue weighted by molar-refractivity contribution is 9.12. The highest BCUT2D eigenvalue weighted by atomic mass is 79.9. The molecule has 1 aliphatic rings. The molecule has 0 spiro atoms. The number of rotatable bonds is 1. The first kappa shape index (κ1) is 9.73. The second kappa shape index (κ2) is 3.74. The first-order chi connectivity index (χ1) is 6.70. The third-order valence-corrected chi connectivity index (χ3v) is 3.56. The van der Waals surface area contributed by atoms with Crippen LogP contribution in [0.4, 0.5) is 10.5 Å². The molecular formula is C9H6BrNO2S. The molecule has 1 unspecified atom stereocenters. The van der Waals surface area contributed by atoms with E-state index >= 15 is 0 Å². The van der Waals surface area contributed by atoms with Gasteiger partial charge in [-0.05, 0) is 23.9 Å². The number of carbonyl (C=O) groups excluding carboxylic acids is 2. The highest BCUT2D eigenvalue weighted by Crippen LogP contribution is 2.34. The Balaban J connectivity index is 2.36. The van der Waals surface area contributed by atoms with Crippen molar-refractivity contribution >= 4 is 44.5 Å². The quantitative estimate of drug-likeness (QED) is 0.737. The van der Waals surface area contributed by atoms with Gasteiger partial charge in [0.2, 0.25) is 0 Å². The summed E-state index contributed by atoms with van der Waals surface area (Å²) in [5.74, 6) is -0.216. The number of amides is 2. The lowest BCUT2D eigenvalue weighted by atomic mass is 10.3. The van der Waals surface area contributed by atoms with Crippen LogP contribution < -0.4 is 4.90 Å². The molecule has 0 saturated carbocycles. The van der Waals surface area contributed by atoms with Gasteiger partial charge in [0.25, 0.3) is 11.1 Å². The molecule has 0 N–H and O–H groups in total. The van der Waals surface area contributed by atoms with E-state index in [1.807, 2.05) is 6.07 Å². The molecule has 1 aliphatic heterocycles. The van der Waals surface area contributed by atoms with Crippen molar-refractivity contribution in [1.29, 1.82) is 0 Å². The van der Waals surface area contributed by atoms with Crippen molar-refractivity contribution in [1.82, 2.24) is 0 Å². The molecule has 0 bridgehead atoms. The van der Waals surface area contributed by atoms with Crippen LogP contribution in [0.1, 0.15) is 0 Å². The SMILES string of the molecule is O=C1SC(Br)C(=O)N1c1ccccc1.